The molecule has 26 heavy (non-hydrogen) atoms. The van der Waals surface area contributed by atoms with Gasteiger partial charge < -0.3 is 9.64 Å². The maximum absolute atomic E-state index is 12.4. The van der Waals surface area contributed by atoms with Crippen LogP contribution in [0.2, 0.25) is 0 Å². The monoisotopic (exact) mass is 380 g/mol. The van der Waals surface area contributed by atoms with Gasteiger partial charge in [0.25, 0.3) is 0 Å². The van der Waals surface area contributed by atoms with E-state index in [1.165, 1.54) is 19.1 Å². The number of carbonyl (C=O) groups excluding carboxylic acids is 1. The van der Waals surface area contributed by atoms with E-state index in [0.717, 1.165) is 52.0 Å². The first-order valence-electron chi connectivity index (χ1n) is 9.38. The third-order valence-electron chi connectivity index (χ3n) is 5.49. The fraction of sp³-hybridized carbons (Fsp3) is 0.632. The van der Waals surface area contributed by atoms with Gasteiger partial charge in [-0.05, 0) is 63.7 Å². The lowest BCUT2D eigenvalue weighted by atomic mass is 9.94. The molecule has 2 heterocycles. The second-order valence-electron chi connectivity index (χ2n) is 7.26. The number of ketones is 1. The maximum atomic E-state index is 12.4. The van der Waals surface area contributed by atoms with Gasteiger partial charge in [-0.3, -0.25) is 4.79 Å². The van der Waals surface area contributed by atoms with Crippen molar-refractivity contribution < 1.29 is 17.9 Å². The summed E-state index contributed by atoms with van der Waals surface area (Å²) in [5.41, 5.74) is 0.518. The van der Waals surface area contributed by atoms with Crippen molar-refractivity contribution in [2.45, 2.75) is 43.5 Å². The molecule has 0 spiro atoms. The summed E-state index contributed by atoms with van der Waals surface area (Å²) in [6.45, 7) is 5.71. The molecule has 0 aliphatic carbocycles. The second-order valence-corrected chi connectivity index (χ2v) is 9.02. The Labute approximate surface area is 156 Å². The minimum atomic E-state index is -3.53. The Kier molecular flexibility index (Phi) is 6.45. The van der Waals surface area contributed by atoms with Crippen LogP contribution in [-0.2, 0) is 14.8 Å². The highest BCUT2D eigenvalue weighted by molar-refractivity contribution is 7.89. The Morgan fingerprint density at radius 1 is 1.12 bits per heavy atom. The molecule has 2 aliphatic rings. The summed E-state index contributed by atoms with van der Waals surface area (Å²) in [5, 5.41) is 0. The minimum Gasteiger partial charge on any atom is -0.381 e. The zero-order valence-electron chi connectivity index (χ0n) is 15.3. The predicted octanol–water partition coefficient (Wildman–Crippen LogP) is 2.06. The quantitative estimate of drug-likeness (QED) is 0.765. The molecule has 2 aliphatic heterocycles. The van der Waals surface area contributed by atoms with Gasteiger partial charge >= 0.3 is 0 Å². The average molecular weight is 381 g/mol. The summed E-state index contributed by atoms with van der Waals surface area (Å²) in [7, 11) is -3.53. The number of nitrogens with zero attached hydrogens (tertiary/aromatic N) is 1. The zero-order valence-corrected chi connectivity index (χ0v) is 16.1. The third-order valence-corrected chi connectivity index (χ3v) is 6.93. The lowest BCUT2D eigenvalue weighted by Crippen LogP contribution is -2.45. The van der Waals surface area contributed by atoms with Crippen LogP contribution in [0.4, 0.5) is 0 Å². The van der Waals surface area contributed by atoms with Crippen molar-refractivity contribution in [1.82, 2.24) is 9.62 Å². The third kappa shape index (κ3) is 4.91. The predicted molar refractivity (Wildman–Crippen MR) is 99.8 cm³/mol. The van der Waals surface area contributed by atoms with Crippen molar-refractivity contribution in [3.8, 4) is 0 Å². The molecule has 0 atom stereocenters. The number of Topliss-reactive ketones (excluding diaryl/α,β-unsaturated/α-hetero) is 1. The molecular weight excluding hydrogens is 352 g/mol. The fourth-order valence-corrected chi connectivity index (χ4v) is 4.87. The standard InChI is InChI=1S/C19H28N2O4S/c1-15(22)17-2-4-19(5-3-17)26(23,24)20-14-16-6-10-21(11-7-16)18-8-12-25-13-9-18/h2-5,16,18,20H,6-14H2,1H3. The molecule has 0 radical (unpaired) electrons. The Bertz CT molecular complexity index is 704. The van der Waals surface area contributed by atoms with Crippen molar-refractivity contribution >= 4 is 15.8 Å². The van der Waals surface area contributed by atoms with E-state index < -0.39 is 10.0 Å². The highest BCUT2D eigenvalue weighted by Gasteiger charge is 2.27. The van der Waals surface area contributed by atoms with Crippen molar-refractivity contribution in [2.24, 2.45) is 5.92 Å². The molecule has 1 aromatic rings. The summed E-state index contributed by atoms with van der Waals surface area (Å²) >= 11 is 0. The number of likely N-dealkylation sites (tertiary alicyclic amines) is 1. The molecule has 0 bridgehead atoms. The first-order chi connectivity index (χ1) is 12.5. The Hall–Kier alpha value is -1.28. The molecule has 2 fully saturated rings. The summed E-state index contributed by atoms with van der Waals surface area (Å²) in [6, 6.07) is 6.73. The lowest BCUT2D eigenvalue weighted by Gasteiger charge is -2.39. The summed E-state index contributed by atoms with van der Waals surface area (Å²) in [5.74, 6) is 0.301. The van der Waals surface area contributed by atoms with Crippen LogP contribution in [0, 0.1) is 5.92 Å². The van der Waals surface area contributed by atoms with Gasteiger partial charge in [0.05, 0.1) is 4.90 Å². The van der Waals surface area contributed by atoms with E-state index in [-0.39, 0.29) is 10.7 Å². The molecule has 7 heteroatoms. The van der Waals surface area contributed by atoms with Gasteiger partial charge in [-0.2, -0.15) is 0 Å². The van der Waals surface area contributed by atoms with E-state index in [1.807, 2.05) is 0 Å². The topological polar surface area (TPSA) is 75.7 Å². The van der Waals surface area contributed by atoms with E-state index in [9.17, 15) is 13.2 Å². The van der Waals surface area contributed by atoms with Gasteiger partial charge in [-0.1, -0.05) is 12.1 Å². The maximum Gasteiger partial charge on any atom is 0.240 e. The number of piperidine rings is 1. The van der Waals surface area contributed by atoms with Crippen molar-refractivity contribution in [2.75, 3.05) is 32.8 Å². The van der Waals surface area contributed by atoms with Gasteiger partial charge in [-0.15, -0.1) is 0 Å². The molecule has 0 amide bonds. The minimum absolute atomic E-state index is 0.0711. The van der Waals surface area contributed by atoms with E-state index in [2.05, 4.69) is 9.62 Å². The van der Waals surface area contributed by atoms with Crippen LogP contribution in [0.1, 0.15) is 43.0 Å². The number of hydrogen-bond acceptors (Lipinski definition) is 5. The molecular formula is C19H28N2O4S. The summed E-state index contributed by atoms with van der Waals surface area (Å²) in [4.78, 5) is 14.0. The van der Waals surface area contributed by atoms with Gasteiger partial charge in [-0.25, -0.2) is 13.1 Å². The number of ether oxygens (including phenoxy) is 1. The number of carbonyl (C=O) groups is 1. The number of benzene rings is 1. The van der Waals surface area contributed by atoms with Crippen LogP contribution in [-0.4, -0.2) is 58.0 Å². The number of sulfonamides is 1. The van der Waals surface area contributed by atoms with Crippen molar-refractivity contribution in [3.05, 3.63) is 29.8 Å². The molecule has 0 saturated carbocycles. The smallest absolute Gasteiger partial charge is 0.240 e. The molecule has 0 unspecified atom stereocenters. The molecule has 3 rings (SSSR count). The molecule has 0 aromatic heterocycles. The van der Waals surface area contributed by atoms with Crippen LogP contribution >= 0.6 is 0 Å². The second kappa shape index (κ2) is 8.61. The molecule has 1 N–H and O–H groups in total. The highest BCUT2D eigenvalue weighted by Crippen LogP contribution is 2.23. The lowest BCUT2D eigenvalue weighted by molar-refractivity contribution is 0.0214. The van der Waals surface area contributed by atoms with Crippen LogP contribution in [0.5, 0.6) is 0 Å². The van der Waals surface area contributed by atoms with Crippen molar-refractivity contribution in [1.29, 1.82) is 0 Å². The van der Waals surface area contributed by atoms with E-state index >= 15 is 0 Å². The van der Waals surface area contributed by atoms with Gasteiger partial charge in [0, 0.05) is 31.4 Å². The summed E-state index contributed by atoms with van der Waals surface area (Å²) < 4.78 is 33.1. The Morgan fingerprint density at radius 3 is 2.31 bits per heavy atom. The Balaban J connectivity index is 1.48. The van der Waals surface area contributed by atoms with E-state index in [0.29, 0.717) is 24.1 Å². The van der Waals surface area contributed by atoms with Gasteiger partial charge in [0.2, 0.25) is 10.0 Å². The first kappa shape index (κ1) is 19.5. The van der Waals surface area contributed by atoms with Gasteiger partial charge in [0.15, 0.2) is 5.78 Å². The van der Waals surface area contributed by atoms with E-state index in [4.69, 9.17) is 4.74 Å². The normalized spacial score (nSPS) is 21.0. The number of nitrogens with one attached hydrogen (secondary N) is 1. The average Bonchev–Trinajstić information content (AvgIpc) is 2.67. The SMILES string of the molecule is CC(=O)c1ccc(S(=O)(=O)NCC2CCN(C3CCOCC3)CC2)cc1. The molecule has 2 saturated heterocycles. The van der Waals surface area contributed by atoms with Crippen molar-refractivity contribution in [3.63, 3.8) is 0 Å². The van der Waals surface area contributed by atoms with Crippen LogP contribution in [0.3, 0.4) is 0 Å². The Morgan fingerprint density at radius 2 is 1.73 bits per heavy atom. The first-order valence-corrected chi connectivity index (χ1v) is 10.9. The number of rotatable bonds is 6. The fourth-order valence-electron chi connectivity index (χ4n) is 3.75. The van der Waals surface area contributed by atoms with Crippen LogP contribution in [0.25, 0.3) is 0 Å². The zero-order chi connectivity index (χ0) is 18.6. The largest absolute Gasteiger partial charge is 0.381 e. The van der Waals surface area contributed by atoms with E-state index in [1.54, 1.807) is 12.1 Å². The molecule has 144 valence electrons. The highest BCUT2D eigenvalue weighted by atomic mass is 32.2. The molecule has 1 aromatic carbocycles. The van der Waals surface area contributed by atoms with Crippen LogP contribution < -0.4 is 4.72 Å². The molecule has 6 nitrogen and oxygen atoms in total. The van der Waals surface area contributed by atoms with Gasteiger partial charge in [0.1, 0.15) is 0 Å². The number of hydrogen-bond donors (Lipinski definition) is 1. The summed E-state index contributed by atoms with van der Waals surface area (Å²) in [6.07, 6.45) is 4.24. The van der Waals surface area contributed by atoms with Crippen LogP contribution in [0.15, 0.2) is 29.2 Å².